The number of carbonyl (C=O) groups excluding carboxylic acids is 1. The second-order valence-electron chi connectivity index (χ2n) is 3.79. The average molecular weight is 235 g/mol. The summed E-state index contributed by atoms with van der Waals surface area (Å²) in [5, 5.41) is 2.46. The van der Waals surface area contributed by atoms with E-state index < -0.39 is 27.8 Å². The van der Waals surface area contributed by atoms with Gasteiger partial charge in [-0.3, -0.25) is 9.35 Å². The summed E-state index contributed by atoms with van der Waals surface area (Å²) in [7, 11) is -4.07. The Morgan fingerprint density at radius 3 is 2.40 bits per heavy atom. The average Bonchev–Trinajstić information content (AvgIpc) is 1.99. The molecule has 0 radical (unpaired) electrons. The number of rotatable bonds is 6. The summed E-state index contributed by atoms with van der Waals surface area (Å²) in [5.41, 5.74) is 0. The van der Waals surface area contributed by atoms with Gasteiger partial charge in [0.05, 0.1) is 5.75 Å². The van der Waals surface area contributed by atoms with Crippen molar-refractivity contribution in [1.82, 2.24) is 5.32 Å². The number of hydrogen-bond acceptors (Lipinski definition) is 3. The second-order valence-corrected chi connectivity index (χ2v) is 5.28. The fourth-order valence-electron chi connectivity index (χ4n) is 1.25. The zero-order valence-electron chi connectivity index (χ0n) is 8.93. The third-order valence-corrected chi connectivity index (χ3v) is 2.52. The van der Waals surface area contributed by atoms with Gasteiger partial charge >= 0.3 is 0 Å². The number of carbonyl (C=O) groups is 1. The Morgan fingerprint density at radius 1 is 1.53 bits per heavy atom. The molecule has 1 atom stereocenters. The van der Waals surface area contributed by atoms with Gasteiger partial charge in [0, 0.05) is 6.04 Å². The highest BCUT2D eigenvalue weighted by Gasteiger charge is 2.19. The molecule has 0 aliphatic carbocycles. The van der Waals surface area contributed by atoms with Gasteiger partial charge in [0.1, 0.15) is 0 Å². The van der Waals surface area contributed by atoms with E-state index in [0.717, 1.165) is 6.08 Å². The van der Waals surface area contributed by atoms with Crippen LogP contribution < -0.4 is 5.32 Å². The Hall–Kier alpha value is -0.880. The van der Waals surface area contributed by atoms with Gasteiger partial charge < -0.3 is 5.32 Å². The molecule has 1 unspecified atom stereocenters. The van der Waals surface area contributed by atoms with Crippen LogP contribution in [0.15, 0.2) is 12.7 Å². The summed E-state index contributed by atoms with van der Waals surface area (Å²) >= 11 is 0. The molecule has 0 aromatic rings. The van der Waals surface area contributed by atoms with Gasteiger partial charge in [-0.05, 0) is 18.4 Å². The van der Waals surface area contributed by atoms with E-state index in [1.54, 1.807) is 0 Å². The van der Waals surface area contributed by atoms with Crippen molar-refractivity contribution in [3.63, 3.8) is 0 Å². The van der Waals surface area contributed by atoms with Gasteiger partial charge in [-0.1, -0.05) is 20.4 Å². The normalized spacial score (nSPS) is 13.6. The first kappa shape index (κ1) is 14.1. The molecule has 88 valence electrons. The van der Waals surface area contributed by atoms with Crippen molar-refractivity contribution in [2.75, 3.05) is 5.75 Å². The van der Waals surface area contributed by atoms with Crippen LogP contribution in [0, 0.1) is 5.92 Å². The highest BCUT2D eigenvalue weighted by atomic mass is 32.2. The summed E-state index contributed by atoms with van der Waals surface area (Å²) in [6.45, 7) is 7.07. The quantitative estimate of drug-likeness (QED) is 0.521. The van der Waals surface area contributed by atoms with E-state index in [4.69, 9.17) is 4.55 Å². The van der Waals surface area contributed by atoms with Crippen LogP contribution in [0.2, 0.25) is 0 Å². The molecule has 15 heavy (non-hydrogen) atoms. The molecular formula is C9H17NO4S. The highest BCUT2D eigenvalue weighted by molar-refractivity contribution is 7.85. The molecular weight excluding hydrogens is 218 g/mol. The lowest BCUT2D eigenvalue weighted by Gasteiger charge is -2.18. The van der Waals surface area contributed by atoms with Crippen molar-refractivity contribution in [2.24, 2.45) is 5.92 Å². The Morgan fingerprint density at radius 2 is 2.07 bits per heavy atom. The zero-order chi connectivity index (χ0) is 12.1. The minimum Gasteiger partial charge on any atom is -0.349 e. The summed E-state index contributed by atoms with van der Waals surface area (Å²) in [6, 6.07) is -0.578. The van der Waals surface area contributed by atoms with Crippen molar-refractivity contribution in [3.05, 3.63) is 12.7 Å². The van der Waals surface area contributed by atoms with Gasteiger partial charge in [0.15, 0.2) is 0 Å². The van der Waals surface area contributed by atoms with Crippen LogP contribution in [-0.2, 0) is 14.9 Å². The van der Waals surface area contributed by atoms with Crippen LogP contribution >= 0.6 is 0 Å². The van der Waals surface area contributed by atoms with Crippen LogP contribution in [0.5, 0.6) is 0 Å². The smallest absolute Gasteiger partial charge is 0.266 e. The van der Waals surface area contributed by atoms with E-state index in [2.05, 4.69) is 11.9 Å². The maximum Gasteiger partial charge on any atom is 0.266 e. The molecule has 0 saturated heterocycles. The molecule has 1 amide bonds. The summed E-state index contributed by atoms with van der Waals surface area (Å²) in [4.78, 5) is 11.0. The predicted molar refractivity (Wildman–Crippen MR) is 58.0 cm³/mol. The first-order chi connectivity index (χ1) is 6.74. The number of hydrogen-bond donors (Lipinski definition) is 2. The fraction of sp³-hybridized carbons (Fsp3) is 0.667. The van der Waals surface area contributed by atoms with E-state index in [1.165, 1.54) is 0 Å². The lowest BCUT2D eigenvalue weighted by molar-refractivity contribution is -0.117. The van der Waals surface area contributed by atoms with Crippen LogP contribution in [0.25, 0.3) is 0 Å². The van der Waals surface area contributed by atoms with Gasteiger partial charge in [-0.2, -0.15) is 8.42 Å². The molecule has 0 aromatic heterocycles. The summed E-state index contributed by atoms with van der Waals surface area (Å²) in [5.74, 6) is -0.684. The Bertz CT molecular complexity index is 321. The van der Waals surface area contributed by atoms with Gasteiger partial charge in [-0.25, -0.2) is 0 Å². The largest absolute Gasteiger partial charge is 0.349 e. The van der Waals surface area contributed by atoms with Crippen molar-refractivity contribution in [1.29, 1.82) is 0 Å². The molecule has 5 nitrogen and oxygen atoms in total. The predicted octanol–water partition coefficient (Wildman–Crippen LogP) is 0.591. The SMILES string of the molecule is C=CC(=O)NC(CC(C)C)CS(=O)(=O)O. The van der Waals surface area contributed by atoms with E-state index in [1.807, 2.05) is 13.8 Å². The molecule has 2 N–H and O–H groups in total. The van der Waals surface area contributed by atoms with Gasteiger partial charge in [-0.15, -0.1) is 0 Å². The minimum absolute atomic E-state index is 0.224. The van der Waals surface area contributed by atoms with E-state index in [9.17, 15) is 13.2 Å². The Labute approximate surface area is 90.3 Å². The molecule has 0 rings (SSSR count). The van der Waals surface area contributed by atoms with Crippen molar-refractivity contribution < 1.29 is 17.8 Å². The van der Waals surface area contributed by atoms with E-state index in [0.29, 0.717) is 6.42 Å². The van der Waals surface area contributed by atoms with Gasteiger partial charge in [0.2, 0.25) is 5.91 Å². The van der Waals surface area contributed by atoms with Crippen LogP contribution in [0.4, 0.5) is 0 Å². The molecule has 0 spiro atoms. The highest BCUT2D eigenvalue weighted by Crippen LogP contribution is 2.06. The Balaban J connectivity index is 4.44. The Kier molecular flexibility index (Phi) is 5.53. The van der Waals surface area contributed by atoms with Crippen molar-refractivity contribution in [3.8, 4) is 0 Å². The lowest BCUT2D eigenvalue weighted by atomic mass is 10.1. The zero-order valence-corrected chi connectivity index (χ0v) is 9.75. The lowest BCUT2D eigenvalue weighted by Crippen LogP contribution is -2.39. The third-order valence-electron chi connectivity index (χ3n) is 1.70. The molecule has 0 heterocycles. The summed E-state index contributed by atoms with van der Waals surface area (Å²) < 4.78 is 30.0. The minimum atomic E-state index is -4.07. The van der Waals surface area contributed by atoms with E-state index in [-0.39, 0.29) is 5.92 Å². The second kappa shape index (κ2) is 5.87. The maximum absolute atomic E-state index is 11.0. The van der Waals surface area contributed by atoms with Crippen LogP contribution in [0.1, 0.15) is 20.3 Å². The molecule has 0 aliphatic heterocycles. The fourth-order valence-corrected chi connectivity index (χ4v) is 1.98. The molecule has 0 saturated carbocycles. The summed E-state index contributed by atoms with van der Waals surface area (Å²) in [6.07, 6.45) is 1.55. The van der Waals surface area contributed by atoms with E-state index >= 15 is 0 Å². The number of nitrogens with one attached hydrogen (secondary N) is 1. The van der Waals surface area contributed by atoms with Crippen LogP contribution in [0.3, 0.4) is 0 Å². The molecule has 0 bridgehead atoms. The topological polar surface area (TPSA) is 83.5 Å². The first-order valence-electron chi connectivity index (χ1n) is 4.62. The maximum atomic E-state index is 11.0. The molecule has 6 heteroatoms. The van der Waals surface area contributed by atoms with Crippen molar-refractivity contribution in [2.45, 2.75) is 26.3 Å². The number of amides is 1. The van der Waals surface area contributed by atoms with Gasteiger partial charge in [0.25, 0.3) is 10.1 Å². The van der Waals surface area contributed by atoms with Crippen LogP contribution in [-0.4, -0.2) is 30.7 Å². The third kappa shape index (κ3) is 8.14. The first-order valence-corrected chi connectivity index (χ1v) is 6.23. The molecule has 0 fully saturated rings. The molecule has 0 aliphatic rings. The van der Waals surface area contributed by atoms with Crippen molar-refractivity contribution >= 4 is 16.0 Å². The molecule has 0 aromatic carbocycles. The standard InChI is InChI=1S/C9H17NO4S/c1-4-9(11)10-8(5-7(2)3)6-15(12,13)14/h4,7-8H,1,5-6H2,2-3H3,(H,10,11)(H,12,13,14). The monoisotopic (exact) mass is 235 g/mol.